The van der Waals surface area contributed by atoms with Crippen LogP contribution in [0.4, 0.5) is 11.4 Å². The predicted octanol–water partition coefficient (Wildman–Crippen LogP) is 2.53. The number of rotatable bonds is 7. The number of morpholine rings is 1. The lowest BCUT2D eigenvalue weighted by Crippen LogP contribution is -2.41. The van der Waals surface area contributed by atoms with Crippen LogP contribution in [0.3, 0.4) is 0 Å². The van der Waals surface area contributed by atoms with Gasteiger partial charge in [0.15, 0.2) is 0 Å². The number of benzene rings is 1. The van der Waals surface area contributed by atoms with Gasteiger partial charge in [-0.2, -0.15) is 0 Å². The van der Waals surface area contributed by atoms with Gasteiger partial charge in [0.05, 0.1) is 29.6 Å². The number of carbonyl (C=O) groups excluding carboxylic acids is 3. The van der Waals surface area contributed by atoms with Gasteiger partial charge in [-0.15, -0.1) is 23.1 Å². The zero-order chi connectivity index (χ0) is 19.8. The van der Waals surface area contributed by atoms with Gasteiger partial charge in [0.25, 0.3) is 5.91 Å². The monoisotopic (exact) mass is 419 g/mol. The summed E-state index contributed by atoms with van der Waals surface area (Å²) in [5.74, 6) is 0.100. The first-order chi connectivity index (χ1) is 13.6. The third-order valence-electron chi connectivity index (χ3n) is 3.97. The van der Waals surface area contributed by atoms with E-state index in [1.165, 1.54) is 23.1 Å². The summed E-state index contributed by atoms with van der Waals surface area (Å²) in [4.78, 5) is 38.7. The molecule has 0 bridgehead atoms. The summed E-state index contributed by atoms with van der Waals surface area (Å²) >= 11 is 2.65. The summed E-state index contributed by atoms with van der Waals surface area (Å²) in [5.41, 5.74) is 1.19. The average Bonchev–Trinajstić information content (AvgIpc) is 3.24. The molecule has 0 unspecified atom stereocenters. The first-order valence-electron chi connectivity index (χ1n) is 8.80. The van der Waals surface area contributed by atoms with Crippen molar-refractivity contribution in [3.63, 3.8) is 0 Å². The molecule has 0 saturated carbocycles. The minimum absolute atomic E-state index is 0.0272. The van der Waals surface area contributed by atoms with Crippen molar-refractivity contribution in [1.29, 1.82) is 0 Å². The number of hydrogen-bond donors (Lipinski definition) is 2. The van der Waals surface area contributed by atoms with Gasteiger partial charge in [-0.25, -0.2) is 0 Å². The third-order valence-corrected chi connectivity index (χ3v) is 5.76. The summed E-state index contributed by atoms with van der Waals surface area (Å²) in [7, 11) is 0. The van der Waals surface area contributed by atoms with Crippen molar-refractivity contribution in [1.82, 2.24) is 4.90 Å². The lowest BCUT2D eigenvalue weighted by atomic mass is 10.2. The van der Waals surface area contributed by atoms with Crippen LogP contribution in [0, 0.1) is 0 Å². The number of nitrogens with one attached hydrogen (secondary N) is 2. The Morgan fingerprint density at radius 3 is 2.50 bits per heavy atom. The molecule has 148 valence electrons. The summed E-state index contributed by atoms with van der Waals surface area (Å²) in [6, 6.07) is 10.5. The fourth-order valence-corrected chi connectivity index (χ4v) is 3.94. The molecular weight excluding hydrogens is 398 g/mol. The molecule has 1 fully saturated rings. The summed E-state index contributed by atoms with van der Waals surface area (Å²) < 4.78 is 5.22. The van der Waals surface area contributed by atoms with Crippen molar-refractivity contribution in [2.75, 3.05) is 48.4 Å². The Kier molecular flexibility index (Phi) is 7.46. The minimum Gasteiger partial charge on any atom is -0.378 e. The maximum atomic E-state index is 12.1. The summed E-state index contributed by atoms with van der Waals surface area (Å²) in [6.07, 6.45) is 0. The number of thiophene rings is 1. The Bertz CT molecular complexity index is 820. The van der Waals surface area contributed by atoms with Crippen molar-refractivity contribution in [2.45, 2.75) is 0 Å². The molecule has 1 aromatic heterocycles. The van der Waals surface area contributed by atoms with Crippen molar-refractivity contribution < 1.29 is 19.1 Å². The number of carbonyl (C=O) groups is 3. The van der Waals surface area contributed by atoms with E-state index in [2.05, 4.69) is 10.6 Å². The average molecular weight is 420 g/mol. The molecule has 9 heteroatoms. The molecular formula is C19H21N3O4S2. The molecule has 1 aromatic carbocycles. The van der Waals surface area contributed by atoms with Crippen molar-refractivity contribution >= 4 is 52.2 Å². The Morgan fingerprint density at radius 2 is 1.79 bits per heavy atom. The zero-order valence-corrected chi connectivity index (χ0v) is 16.8. The maximum absolute atomic E-state index is 12.1. The standard InChI is InChI=1S/C19H21N3O4S2/c23-17(12-27-13-18(24)22-6-8-26-9-7-22)20-14-3-1-4-15(11-14)21-19(25)16-5-2-10-28-16/h1-5,10-11H,6-9,12-13H2,(H,20,23)(H,21,25). The van der Waals surface area contributed by atoms with Gasteiger partial charge in [-0.05, 0) is 29.6 Å². The molecule has 3 amide bonds. The van der Waals surface area contributed by atoms with Crippen LogP contribution in [0.2, 0.25) is 0 Å². The molecule has 0 radical (unpaired) electrons. The van der Waals surface area contributed by atoms with Crippen molar-refractivity contribution in [3.8, 4) is 0 Å². The van der Waals surface area contributed by atoms with Crippen molar-refractivity contribution in [3.05, 3.63) is 46.7 Å². The predicted molar refractivity (Wildman–Crippen MR) is 112 cm³/mol. The van der Waals surface area contributed by atoms with E-state index in [9.17, 15) is 14.4 Å². The van der Waals surface area contributed by atoms with Crippen LogP contribution in [0.5, 0.6) is 0 Å². The number of anilines is 2. The van der Waals surface area contributed by atoms with E-state index in [-0.39, 0.29) is 29.2 Å². The van der Waals surface area contributed by atoms with E-state index < -0.39 is 0 Å². The third kappa shape index (κ3) is 6.08. The van der Waals surface area contributed by atoms with Gasteiger partial charge < -0.3 is 20.3 Å². The fraction of sp³-hybridized carbons (Fsp3) is 0.316. The topological polar surface area (TPSA) is 87.7 Å². The van der Waals surface area contributed by atoms with Crippen LogP contribution in [-0.4, -0.2) is 60.4 Å². The number of hydrogen-bond acceptors (Lipinski definition) is 6. The number of thioether (sulfide) groups is 1. The molecule has 2 aromatic rings. The molecule has 0 aliphatic carbocycles. The van der Waals surface area contributed by atoms with E-state index in [0.29, 0.717) is 42.6 Å². The number of nitrogens with zero attached hydrogens (tertiary/aromatic N) is 1. The lowest BCUT2D eigenvalue weighted by molar-refractivity contribution is -0.132. The fourth-order valence-electron chi connectivity index (χ4n) is 2.61. The van der Waals surface area contributed by atoms with E-state index in [1.807, 2.05) is 11.4 Å². The molecule has 3 rings (SSSR count). The first-order valence-corrected chi connectivity index (χ1v) is 10.8. The van der Waals surface area contributed by atoms with E-state index in [1.54, 1.807) is 35.2 Å². The van der Waals surface area contributed by atoms with Crippen LogP contribution in [0.1, 0.15) is 9.67 Å². The molecule has 0 spiro atoms. The van der Waals surface area contributed by atoms with Crippen LogP contribution in [0.15, 0.2) is 41.8 Å². The number of amides is 3. The zero-order valence-electron chi connectivity index (χ0n) is 15.2. The molecule has 28 heavy (non-hydrogen) atoms. The summed E-state index contributed by atoms with van der Waals surface area (Å²) in [6.45, 7) is 2.34. The minimum atomic E-state index is -0.193. The van der Waals surface area contributed by atoms with Crippen LogP contribution >= 0.6 is 23.1 Å². The van der Waals surface area contributed by atoms with E-state index in [0.717, 1.165) is 0 Å². The second kappa shape index (κ2) is 10.3. The molecule has 1 aliphatic heterocycles. The molecule has 1 aliphatic rings. The van der Waals surface area contributed by atoms with Crippen molar-refractivity contribution in [2.24, 2.45) is 0 Å². The number of ether oxygens (including phenoxy) is 1. The highest BCUT2D eigenvalue weighted by atomic mass is 32.2. The largest absolute Gasteiger partial charge is 0.378 e. The normalized spacial score (nSPS) is 13.8. The van der Waals surface area contributed by atoms with Gasteiger partial charge in [-0.3, -0.25) is 14.4 Å². The quantitative estimate of drug-likeness (QED) is 0.720. The van der Waals surface area contributed by atoms with Gasteiger partial charge in [-0.1, -0.05) is 12.1 Å². The molecule has 2 N–H and O–H groups in total. The smallest absolute Gasteiger partial charge is 0.265 e. The summed E-state index contributed by atoms with van der Waals surface area (Å²) in [5, 5.41) is 7.44. The van der Waals surface area contributed by atoms with Crippen LogP contribution < -0.4 is 10.6 Å². The highest BCUT2D eigenvalue weighted by Gasteiger charge is 2.17. The van der Waals surface area contributed by atoms with Gasteiger partial charge in [0.2, 0.25) is 11.8 Å². The molecule has 1 saturated heterocycles. The van der Waals surface area contributed by atoms with E-state index >= 15 is 0 Å². The Hall–Kier alpha value is -2.36. The molecule has 7 nitrogen and oxygen atoms in total. The maximum Gasteiger partial charge on any atom is 0.265 e. The van der Waals surface area contributed by atoms with Gasteiger partial charge in [0.1, 0.15) is 0 Å². The molecule has 2 heterocycles. The Balaban J connectivity index is 1.43. The second-order valence-electron chi connectivity index (χ2n) is 6.05. The highest BCUT2D eigenvalue weighted by Crippen LogP contribution is 2.18. The SMILES string of the molecule is O=C(CSCC(=O)N1CCOCC1)Nc1cccc(NC(=O)c2cccs2)c1. The lowest BCUT2D eigenvalue weighted by Gasteiger charge is -2.26. The highest BCUT2D eigenvalue weighted by molar-refractivity contribution is 8.00. The van der Waals surface area contributed by atoms with E-state index in [4.69, 9.17) is 4.74 Å². The first kappa shape index (κ1) is 20.4. The molecule has 0 atom stereocenters. The Morgan fingerprint density at radius 1 is 1.04 bits per heavy atom. The van der Waals surface area contributed by atoms with Crippen LogP contribution in [0.25, 0.3) is 0 Å². The Labute approximate surface area is 171 Å². The second-order valence-corrected chi connectivity index (χ2v) is 7.98. The van der Waals surface area contributed by atoms with Gasteiger partial charge in [0, 0.05) is 24.5 Å². The van der Waals surface area contributed by atoms with Gasteiger partial charge >= 0.3 is 0 Å². The van der Waals surface area contributed by atoms with Crippen LogP contribution in [-0.2, 0) is 14.3 Å².